The van der Waals surface area contributed by atoms with Crippen LogP contribution < -0.4 is 5.32 Å². The molecule has 0 aliphatic carbocycles. The summed E-state index contributed by atoms with van der Waals surface area (Å²) in [5.41, 5.74) is -2.74. The van der Waals surface area contributed by atoms with E-state index >= 15 is 0 Å². The van der Waals surface area contributed by atoms with Crippen molar-refractivity contribution >= 4 is 17.8 Å². The molecule has 0 bridgehead atoms. The molecule has 0 radical (unpaired) electrons. The molecule has 8 heteroatoms. The average molecular weight is 340 g/mol. The Morgan fingerprint density at radius 1 is 1.42 bits per heavy atom. The SMILES string of the molecule is COC(=O)C1(NC(=O)[C@]2(CO)CC=CN2C(=O)C(C)C)CCOC1. The Morgan fingerprint density at radius 3 is 2.62 bits per heavy atom. The smallest absolute Gasteiger partial charge is 0.334 e. The highest BCUT2D eigenvalue weighted by Gasteiger charge is 2.53. The summed E-state index contributed by atoms with van der Waals surface area (Å²) in [5, 5.41) is 12.6. The Labute approximate surface area is 140 Å². The molecule has 2 amide bonds. The van der Waals surface area contributed by atoms with Gasteiger partial charge in [0, 0.05) is 31.6 Å². The van der Waals surface area contributed by atoms with Crippen LogP contribution >= 0.6 is 0 Å². The second-order valence-electron chi connectivity index (χ2n) is 6.47. The molecule has 8 nitrogen and oxygen atoms in total. The summed E-state index contributed by atoms with van der Waals surface area (Å²) < 4.78 is 10.0. The van der Waals surface area contributed by atoms with Gasteiger partial charge in [0.15, 0.2) is 11.1 Å². The number of carbonyl (C=O) groups is 3. The van der Waals surface area contributed by atoms with Gasteiger partial charge in [-0.15, -0.1) is 0 Å². The number of methoxy groups -OCH3 is 1. The summed E-state index contributed by atoms with van der Waals surface area (Å²) in [6, 6.07) is 0. The molecule has 2 N–H and O–H groups in total. The van der Waals surface area contributed by atoms with Crippen LogP contribution in [0.4, 0.5) is 0 Å². The van der Waals surface area contributed by atoms with Gasteiger partial charge in [0.1, 0.15) is 0 Å². The largest absolute Gasteiger partial charge is 0.467 e. The Morgan fingerprint density at radius 2 is 2.12 bits per heavy atom. The molecule has 2 aliphatic rings. The van der Waals surface area contributed by atoms with Crippen molar-refractivity contribution in [3.05, 3.63) is 12.3 Å². The van der Waals surface area contributed by atoms with Crippen molar-refractivity contribution in [2.24, 2.45) is 5.92 Å². The quantitative estimate of drug-likeness (QED) is 0.658. The van der Waals surface area contributed by atoms with E-state index in [9.17, 15) is 19.5 Å². The van der Waals surface area contributed by atoms with E-state index in [4.69, 9.17) is 9.47 Å². The molecule has 0 aromatic rings. The Kier molecular flexibility index (Phi) is 5.29. The number of rotatable bonds is 5. The molecule has 0 aromatic carbocycles. The number of aliphatic hydroxyl groups is 1. The molecule has 2 rings (SSSR count). The third-order valence-electron chi connectivity index (χ3n) is 4.54. The second kappa shape index (κ2) is 6.90. The minimum Gasteiger partial charge on any atom is -0.467 e. The maximum Gasteiger partial charge on any atom is 0.334 e. The lowest BCUT2D eigenvalue weighted by Gasteiger charge is -2.38. The van der Waals surface area contributed by atoms with Crippen LogP contribution in [-0.4, -0.2) is 65.8 Å². The standard InChI is InChI=1S/C16H24N2O6/c1-11(2)12(20)18-7-4-5-16(18,9-19)13(21)17-15(14(22)23-3)6-8-24-10-15/h4,7,11,19H,5-6,8-10H2,1-3H3,(H,17,21)/t15?,16-/m1/s1. The number of nitrogens with zero attached hydrogens (tertiary/aromatic N) is 1. The fourth-order valence-electron chi connectivity index (χ4n) is 2.98. The van der Waals surface area contributed by atoms with Crippen molar-refractivity contribution < 1.29 is 29.0 Å². The van der Waals surface area contributed by atoms with Gasteiger partial charge in [-0.25, -0.2) is 4.79 Å². The second-order valence-corrected chi connectivity index (χ2v) is 6.47. The van der Waals surface area contributed by atoms with Gasteiger partial charge in [-0.3, -0.25) is 9.59 Å². The van der Waals surface area contributed by atoms with Gasteiger partial charge >= 0.3 is 5.97 Å². The molecule has 1 saturated heterocycles. The van der Waals surface area contributed by atoms with Gasteiger partial charge in [0.2, 0.25) is 11.8 Å². The normalized spacial score (nSPS) is 29.1. The Bertz CT molecular complexity index is 553. The van der Waals surface area contributed by atoms with Crippen molar-refractivity contribution in [1.29, 1.82) is 0 Å². The lowest BCUT2D eigenvalue weighted by Crippen LogP contribution is -2.66. The molecule has 2 aliphatic heterocycles. The van der Waals surface area contributed by atoms with Gasteiger partial charge in [-0.05, 0) is 0 Å². The minimum atomic E-state index is -1.45. The summed E-state index contributed by atoms with van der Waals surface area (Å²) in [7, 11) is 1.24. The zero-order chi connectivity index (χ0) is 18.0. The van der Waals surface area contributed by atoms with Crippen LogP contribution in [0.5, 0.6) is 0 Å². The van der Waals surface area contributed by atoms with Gasteiger partial charge in [0.25, 0.3) is 0 Å². The first-order chi connectivity index (χ1) is 11.3. The van der Waals surface area contributed by atoms with Gasteiger partial charge in [-0.1, -0.05) is 19.9 Å². The maximum absolute atomic E-state index is 12.9. The number of carbonyl (C=O) groups excluding carboxylic acids is 3. The predicted molar refractivity (Wildman–Crippen MR) is 83.6 cm³/mol. The van der Waals surface area contributed by atoms with Crippen molar-refractivity contribution in [3.8, 4) is 0 Å². The number of nitrogens with one attached hydrogen (secondary N) is 1. The van der Waals surface area contributed by atoms with E-state index in [1.807, 2.05) is 0 Å². The summed E-state index contributed by atoms with van der Waals surface area (Å²) in [6.45, 7) is 3.19. The highest BCUT2D eigenvalue weighted by Crippen LogP contribution is 2.31. The van der Waals surface area contributed by atoms with Crippen LogP contribution in [0.3, 0.4) is 0 Å². The highest BCUT2D eigenvalue weighted by molar-refractivity contribution is 5.97. The van der Waals surface area contributed by atoms with Crippen LogP contribution in [0.25, 0.3) is 0 Å². The summed E-state index contributed by atoms with van der Waals surface area (Å²) >= 11 is 0. The van der Waals surface area contributed by atoms with Crippen LogP contribution in [-0.2, 0) is 23.9 Å². The van der Waals surface area contributed by atoms with Crippen LogP contribution in [0.15, 0.2) is 12.3 Å². The van der Waals surface area contributed by atoms with Crippen LogP contribution in [0.1, 0.15) is 26.7 Å². The number of hydrogen-bond acceptors (Lipinski definition) is 6. The van der Waals surface area contributed by atoms with Crippen LogP contribution in [0.2, 0.25) is 0 Å². The fraction of sp³-hybridized carbons (Fsp3) is 0.688. The molecule has 0 aromatic heterocycles. The third-order valence-corrected chi connectivity index (χ3v) is 4.54. The number of esters is 1. The molecule has 2 heterocycles. The van der Waals surface area contributed by atoms with Gasteiger partial charge in [0.05, 0.1) is 20.3 Å². The van der Waals surface area contributed by atoms with E-state index in [-0.39, 0.29) is 31.3 Å². The first-order valence-electron chi connectivity index (χ1n) is 7.92. The number of amides is 2. The molecule has 2 atom stereocenters. The molecule has 1 fully saturated rings. The Hall–Kier alpha value is -1.93. The number of ether oxygens (including phenoxy) is 2. The van der Waals surface area contributed by atoms with Gasteiger partial charge in [-0.2, -0.15) is 0 Å². The van der Waals surface area contributed by atoms with E-state index in [1.54, 1.807) is 19.9 Å². The average Bonchev–Trinajstić information content (AvgIpc) is 3.21. The molecule has 0 saturated carbocycles. The summed E-state index contributed by atoms with van der Waals surface area (Å²) in [5.74, 6) is -1.81. The van der Waals surface area contributed by atoms with Crippen molar-refractivity contribution in [1.82, 2.24) is 10.2 Å². The maximum atomic E-state index is 12.9. The van der Waals surface area contributed by atoms with E-state index in [0.29, 0.717) is 6.61 Å². The Balaban J connectivity index is 2.28. The van der Waals surface area contributed by atoms with Crippen molar-refractivity contribution in [2.75, 3.05) is 26.9 Å². The fourth-order valence-corrected chi connectivity index (χ4v) is 2.98. The monoisotopic (exact) mass is 340 g/mol. The zero-order valence-corrected chi connectivity index (χ0v) is 14.2. The molecular weight excluding hydrogens is 316 g/mol. The number of hydrogen-bond donors (Lipinski definition) is 2. The zero-order valence-electron chi connectivity index (χ0n) is 14.2. The van der Waals surface area contributed by atoms with Crippen molar-refractivity contribution in [3.63, 3.8) is 0 Å². The van der Waals surface area contributed by atoms with E-state index < -0.39 is 29.6 Å². The first kappa shape index (κ1) is 18.4. The molecule has 0 spiro atoms. The summed E-state index contributed by atoms with van der Waals surface area (Å²) in [6.07, 6.45) is 3.62. The van der Waals surface area contributed by atoms with E-state index in [0.717, 1.165) is 0 Å². The highest BCUT2D eigenvalue weighted by atomic mass is 16.5. The summed E-state index contributed by atoms with van der Waals surface area (Å²) in [4.78, 5) is 38.7. The van der Waals surface area contributed by atoms with Gasteiger partial charge < -0.3 is 24.8 Å². The van der Waals surface area contributed by atoms with E-state index in [1.165, 1.54) is 18.2 Å². The lowest BCUT2D eigenvalue weighted by molar-refractivity contribution is -0.155. The molecular formula is C16H24N2O6. The van der Waals surface area contributed by atoms with E-state index in [2.05, 4.69) is 5.32 Å². The lowest BCUT2D eigenvalue weighted by atomic mass is 9.91. The van der Waals surface area contributed by atoms with Crippen molar-refractivity contribution in [2.45, 2.75) is 37.8 Å². The predicted octanol–water partition coefficient (Wildman–Crippen LogP) is -0.432. The van der Waals surface area contributed by atoms with Crippen LogP contribution in [0, 0.1) is 5.92 Å². The molecule has 1 unspecified atom stereocenters. The molecule has 24 heavy (non-hydrogen) atoms. The topological polar surface area (TPSA) is 105 Å². The molecule has 134 valence electrons. The first-order valence-corrected chi connectivity index (χ1v) is 7.92. The minimum absolute atomic E-state index is 0.00151. The third kappa shape index (κ3) is 2.91. The number of aliphatic hydroxyl groups excluding tert-OH is 1.